The van der Waals surface area contributed by atoms with Crippen molar-refractivity contribution >= 4 is 11.8 Å². The van der Waals surface area contributed by atoms with Crippen LogP contribution < -0.4 is 5.32 Å². The van der Waals surface area contributed by atoms with E-state index in [0.29, 0.717) is 19.8 Å². The van der Waals surface area contributed by atoms with E-state index in [1.54, 1.807) is 18.9 Å². The summed E-state index contributed by atoms with van der Waals surface area (Å²) in [7, 11) is 1.64. The molecule has 2 aliphatic heterocycles. The maximum Gasteiger partial charge on any atom is 0.245 e. The fourth-order valence-electron chi connectivity index (χ4n) is 2.98. The van der Waals surface area contributed by atoms with Crippen molar-refractivity contribution in [1.82, 2.24) is 10.2 Å². The Bertz CT molecular complexity index is 391. The molecule has 0 saturated carbocycles. The lowest BCUT2D eigenvalue weighted by Crippen LogP contribution is -2.66. The second kappa shape index (κ2) is 5.69. The summed E-state index contributed by atoms with van der Waals surface area (Å²) in [5, 5.41) is 2.74. The highest BCUT2D eigenvalue weighted by molar-refractivity contribution is 5.96. The monoisotopic (exact) mass is 284 g/mol. The topological polar surface area (TPSA) is 67.9 Å². The molecule has 1 N–H and O–H groups in total. The van der Waals surface area contributed by atoms with Crippen LogP contribution >= 0.6 is 0 Å². The second-order valence-electron chi connectivity index (χ2n) is 6.07. The number of methoxy groups -OCH3 is 1. The summed E-state index contributed by atoms with van der Waals surface area (Å²) in [6.45, 7) is 7.12. The van der Waals surface area contributed by atoms with Crippen molar-refractivity contribution < 1.29 is 19.1 Å². The number of amides is 2. The van der Waals surface area contributed by atoms with Gasteiger partial charge < -0.3 is 19.7 Å². The lowest BCUT2D eigenvalue weighted by molar-refractivity contribution is -0.156. The van der Waals surface area contributed by atoms with Gasteiger partial charge in [0.25, 0.3) is 0 Å². The maximum atomic E-state index is 12.4. The molecule has 2 amide bonds. The zero-order valence-corrected chi connectivity index (χ0v) is 12.6. The predicted octanol–water partition coefficient (Wildman–Crippen LogP) is 0.163. The van der Waals surface area contributed by atoms with Crippen molar-refractivity contribution in [3.8, 4) is 0 Å². The van der Waals surface area contributed by atoms with E-state index in [0.717, 1.165) is 6.42 Å². The number of carbonyl (C=O) groups excluding carboxylic acids is 2. The van der Waals surface area contributed by atoms with Gasteiger partial charge in [-0.2, -0.15) is 0 Å². The molecule has 0 spiro atoms. The number of hydrogen-bond donors (Lipinski definition) is 1. The van der Waals surface area contributed by atoms with Gasteiger partial charge in [-0.3, -0.25) is 9.59 Å². The first-order chi connectivity index (χ1) is 9.40. The fraction of sp³-hybridized carbons (Fsp3) is 0.857. The van der Waals surface area contributed by atoms with Crippen LogP contribution in [0.2, 0.25) is 0 Å². The summed E-state index contributed by atoms with van der Waals surface area (Å²) in [5.74, 6) is -0.0772. The molecular formula is C14H24N2O4. The van der Waals surface area contributed by atoms with Crippen LogP contribution in [0.25, 0.3) is 0 Å². The summed E-state index contributed by atoms with van der Waals surface area (Å²) < 4.78 is 11.0. The van der Waals surface area contributed by atoms with Gasteiger partial charge in [-0.25, -0.2) is 0 Å². The highest BCUT2D eigenvalue weighted by Crippen LogP contribution is 2.27. The average Bonchev–Trinajstić information content (AvgIpc) is 2.84. The van der Waals surface area contributed by atoms with Crippen molar-refractivity contribution in [2.24, 2.45) is 5.92 Å². The van der Waals surface area contributed by atoms with Crippen LogP contribution in [0.5, 0.6) is 0 Å². The Morgan fingerprint density at radius 1 is 1.50 bits per heavy atom. The average molecular weight is 284 g/mol. The summed E-state index contributed by atoms with van der Waals surface area (Å²) in [6, 6.07) is -0.917. The van der Waals surface area contributed by atoms with Gasteiger partial charge in [0.05, 0.1) is 13.2 Å². The molecule has 3 unspecified atom stereocenters. The minimum atomic E-state index is -0.486. The van der Waals surface area contributed by atoms with E-state index in [1.807, 2.05) is 13.8 Å². The molecule has 0 aliphatic carbocycles. The van der Waals surface area contributed by atoms with E-state index >= 15 is 0 Å². The summed E-state index contributed by atoms with van der Waals surface area (Å²) in [4.78, 5) is 26.3. The van der Waals surface area contributed by atoms with E-state index in [2.05, 4.69) is 5.32 Å². The van der Waals surface area contributed by atoms with E-state index in [9.17, 15) is 9.59 Å². The van der Waals surface area contributed by atoms with Crippen LogP contribution in [-0.4, -0.2) is 61.3 Å². The molecule has 6 nitrogen and oxygen atoms in total. The normalized spacial score (nSPS) is 34.8. The van der Waals surface area contributed by atoms with Crippen molar-refractivity contribution in [3.05, 3.63) is 0 Å². The SMILES string of the molecule is COC1(CN2C(=O)C(C)NC(=O)C2C(C)C)CCOC1. The zero-order valence-electron chi connectivity index (χ0n) is 12.6. The van der Waals surface area contributed by atoms with Crippen molar-refractivity contribution in [1.29, 1.82) is 0 Å². The molecule has 0 aromatic carbocycles. The van der Waals surface area contributed by atoms with Crippen LogP contribution in [0.4, 0.5) is 0 Å². The van der Waals surface area contributed by atoms with Gasteiger partial charge in [-0.05, 0) is 12.8 Å². The molecule has 2 heterocycles. The van der Waals surface area contributed by atoms with Gasteiger partial charge in [-0.1, -0.05) is 13.8 Å². The van der Waals surface area contributed by atoms with Crippen LogP contribution in [-0.2, 0) is 19.1 Å². The molecule has 2 saturated heterocycles. The van der Waals surface area contributed by atoms with E-state index in [-0.39, 0.29) is 17.7 Å². The number of rotatable bonds is 4. The predicted molar refractivity (Wildman–Crippen MR) is 73.1 cm³/mol. The second-order valence-corrected chi connectivity index (χ2v) is 6.07. The Morgan fingerprint density at radius 2 is 2.20 bits per heavy atom. The fourth-order valence-corrected chi connectivity index (χ4v) is 2.98. The van der Waals surface area contributed by atoms with Crippen molar-refractivity contribution in [3.63, 3.8) is 0 Å². The lowest BCUT2D eigenvalue weighted by Gasteiger charge is -2.43. The number of carbonyl (C=O) groups is 2. The Labute approximate surface area is 119 Å². The first-order valence-electron chi connectivity index (χ1n) is 7.14. The largest absolute Gasteiger partial charge is 0.378 e. The molecule has 3 atom stereocenters. The van der Waals surface area contributed by atoms with Crippen molar-refractivity contribution in [2.75, 3.05) is 26.9 Å². The van der Waals surface area contributed by atoms with Crippen LogP contribution in [0, 0.1) is 5.92 Å². The zero-order chi connectivity index (χ0) is 14.9. The van der Waals surface area contributed by atoms with E-state index < -0.39 is 17.7 Å². The highest BCUT2D eigenvalue weighted by Gasteiger charge is 2.46. The van der Waals surface area contributed by atoms with Crippen LogP contribution in [0.15, 0.2) is 0 Å². The van der Waals surface area contributed by atoms with Gasteiger partial charge in [0.2, 0.25) is 11.8 Å². The summed E-state index contributed by atoms with van der Waals surface area (Å²) in [5.41, 5.74) is -0.486. The first-order valence-corrected chi connectivity index (χ1v) is 7.14. The molecule has 0 aromatic heterocycles. The summed E-state index contributed by atoms with van der Waals surface area (Å²) >= 11 is 0. The van der Waals surface area contributed by atoms with Crippen LogP contribution in [0.1, 0.15) is 27.2 Å². The van der Waals surface area contributed by atoms with Gasteiger partial charge in [0, 0.05) is 20.1 Å². The standard InChI is InChI=1S/C14H24N2O4/c1-9(2)11-12(17)15-10(3)13(18)16(11)7-14(19-4)5-6-20-8-14/h9-11H,5-8H2,1-4H3,(H,15,17). The molecule has 0 bridgehead atoms. The van der Waals surface area contributed by atoms with Gasteiger partial charge in [-0.15, -0.1) is 0 Å². The Balaban J connectivity index is 2.23. The number of nitrogens with zero attached hydrogens (tertiary/aromatic N) is 1. The molecule has 6 heteroatoms. The third-order valence-electron chi connectivity index (χ3n) is 4.21. The molecule has 20 heavy (non-hydrogen) atoms. The molecule has 0 radical (unpaired) electrons. The third kappa shape index (κ3) is 2.67. The van der Waals surface area contributed by atoms with Crippen molar-refractivity contribution in [2.45, 2.75) is 44.9 Å². The number of ether oxygens (including phenoxy) is 2. The minimum absolute atomic E-state index is 0.0494. The third-order valence-corrected chi connectivity index (χ3v) is 4.21. The molecule has 2 aliphatic rings. The molecule has 2 rings (SSSR count). The molecule has 0 aromatic rings. The van der Waals surface area contributed by atoms with E-state index in [1.165, 1.54) is 0 Å². The van der Waals surface area contributed by atoms with Crippen LogP contribution in [0.3, 0.4) is 0 Å². The minimum Gasteiger partial charge on any atom is -0.378 e. The molecular weight excluding hydrogens is 260 g/mol. The van der Waals surface area contributed by atoms with Gasteiger partial charge in [0.1, 0.15) is 17.7 Å². The quantitative estimate of drug-likeness (QED) is 0.799. The Hall–Kier alpha value is -1.14. The van der Waals surface area contributed by atoms with Gasteiger partial charge >= 0.3 is 0 Å². The Kier molecular flexibility index (Phi) is 4.34. The first kappa shape index (κ1) is 15.3. The lowest BCUT2D eigenvalue weighted by atomic mass is 9.93. The van der Waals surface area contributed by atoms with Gasteiger partial charge in [0.15, 0.2) is 0 Å². The number of piperazine rings is 1. The van der Waals surface area contributed by atoms with E-state index in [4.69, 9.17) is 9.47 Å². The summed E-state index contributed by atoms with van der Waals surface area (Å²) in [6.07, 6.45) is 0.744. The number of nitrogens with one attached hydrogen (secondary N) is 1. The smallest absolute Gasteiger partial charge is 0.245 e. The highest BCUT2D eigenvalue weighted by atomic mass is 16.5. The maximum absolute atomic E-state index is 12.4. The molecule has 2 fully saturated rings. The number of hydrogen-bond acceptors (Lipinski definition) is 4. The Morgan fingerprint density at radius 3 is 2.70 bits per heavy atom. The molecule has 114 valence electrons.